The SMILES string of the molecule is COc1cc(/C=C2\SC(=O)N(CC(=O)Nc3cccc(C(F)(F)F)c3)C2=O)ccc1OCc1ccccc1. The Morgan fingerprint density at radius 3 is 2.47 bits per heavy atom. The summed E-state index contributed by atoms with van der Waals surface area (Å²) >= 11 is 0.654. The topological polar surface area (TPSA) is 84.9 Å². The zero-order chi connectivity index (χ0) is 27.3. The Balaban J connectivity index is 1.42. The highest BCUT2D eigenvalue weighted by Gasteiger charge is 2.36. The van der Waals surface area contributed by atoms with Crippen LogP contribution in [-0.2, 0) is 22.4 Å². The molecule has 38 heavy (non-hydrogen) atoms. The van der Waals surface area contributed by atoms with E-state index in [9.17, 15) is 27.6 Å². The van der Waals surface area contributed by atoms with Crippen LogP contribution in [0.1, 0.15) is 16.7 Å². The van der Waals surface area contributed by atoms with Crippen LogP contribution in [0.25, 0.3) is 6.08 Å². The molecule has 1 N–H and O–H groups in total. The quantitative estimate of drug-likeness (QED) is 0.353. The van der Waals surface area contributed by atoms with Crippen LogP contribution in [0.2, 0.25) is 0 Å². The lowest BCUT2D eigenvalue weighted by Gasteiger charge is -2.13. The lowest BCUT2D eigenvalue weighted by atomic mass is 10.1. The number of amides is 3. The summed E-state index contributed by atoms with van der Waals surface area (Å²) < 4.78 is 49.9. The number of hydrogen-bond acceptors (Lipinski definition) is 6. The van der Waals surface area contributed by atoms with E-state index < -0.39 is 35.3 Å². The number of benzene rings is 3. The van der Waals surface area contributed by atoms with Crippen molar-refractivity contribution in [1.29, 1.82) is 0 Å². The average Bonchev–Trinajstić information content (AvgIpc) is 3.15. The highest BCUT2D eigenvalue weighted by atomic mass is 32.2. The molecule has 0 atom stereocenters. The van der Waals surface area contributed by atoms with Gasteiger partial charge in [-0.05, 0) is 59.3 Å². The van der Waals surface area contributed by atoms with Gasteiger partial charge in [0.05, 0.1) is 17.6 Å². The van der Waals surface area contributed by atoms with E-state index in [1.165, 1.54) is 19.3 Å². The molecule has 7 nitrogen and oxygen atoms in total. The Labute approximate surface area is 220 Å². The first kappa shape index (κ1) is 26.8. The Bertz CT molecular complexity index is 1390. The van der Waals surface area contributed by atoms with Crippen molar-refractivity contribution in [3.8, 4) is 11.5 Å². The standard InChI is InChI=1S/C27H21F3N2O5S/c1-36-22-12-18(10-11-21(22)37-16-17-6-3-2-4-7-17)13-23-25(34)32(26(35)38-23)15-24(33)31-20-9-5-8-19(14-20)27(28,29)30/h2-14H,15-16H2,1H3,(H,31,33)/b23-13-. The van der Waals surface area contributed by atoms with E-state index in [-0.39, 0.29) is 10.6 Å². The number of carbonyl (C=O) groups excluding carboxylic acids is 3. The third kappa shape index (κ3) is 6.54. The number of nitrogens with one attached hydrogen (secondary N) is 1. The van der Waals surface area contributed by atoms with Gasteiger partial charge < -0.3 is 14.8 Å². The van der Waals surface area contributed by atoms with E-state index >= 15 is 0 Å². The summed E-state index contributed by atoms with van der Waals surface area (Å²) in [5.74, 6) is -0.584. The molecule has 1 saturated heterocycles. The Kier molecular flexibility index (Phi) is 8.06. The zero-order valence-electron chi connectivity index (χ0n) is 20.0. The van der Waals surface area contributed by atoms with Crippen molar-refractivity contribution in [3.63, 3.8) is 0 Å². The molecule has 1 heterocycles. The van der Waals surface area contributed by atoms with Gasteiger partial charge in [-0.1, -0.05) is 42.5 Å². The number of thioether (sulfide) groups is 1. The molecule has 1 fully saturated rings. The van der Waals surface area contributed by atoms with Crippen molar-refractivity contribution in [2.45, 2.75) is 12.8 Å². The second kappa shape index (κ2) is 11.4. The molecule has 196 valence electrons. The maximum atomic E-state index is 12.9. The normalized spacial score (nSPS) is 14.6. The van der Waals surface area contributed by atoms with Gasteiger partial charge in [0, 0.05) is 5.69 Å². The molecule has 0 unspecified atom stereocenters. The van der Waals surface area contributed by atoms with Gasteiger partial charge in [-0.15, -0.1) is 0 Å². The number of alkyl halides is 3. The molecule has 11 heteroatoms. The van der Waals surface area contributed by atoms with Gasteiger partial charge in [-0.2, -0.15) is 13.2 Å². The van der Waals surface area contributed by atoms with Gasteiger partial charge in [0.2, 0.25) is 5.91 Å². The summed E-state index contributed by atoms with van der Waals surface area (Å²) in [5.41, 5.74) is 0.502. The van der Waals surface area contributed by atoms with Crippen LogP contribution in [0.15, 0.2) is 77.7 Å². The minimum absolute atomic E-state index is 0.0851. The number of ether oxygens (including phenoxy) is 2. The first-order valence-corrected chi connectivity index (χ1v) is 12.0. The van der Waals surface area contributed by atoms with Crippen LogP contribution in [-0.4, -0.2) is 35.6 Å². The predicted octanol–water partition coefficient (Wildman–Crippen LogP) is 5.97. The molecule has 3 amide bonds. The van der Waals surface area contributed by atoms with Crippen molar-refractivity contribution >= 4 is 40.6 Å². The number of halogens is 3. The average molecular weight is 543 g/mol. The summed E-state index contributed by atoms with van der Waals surface area (Å²) in [6.07, 6.45) is -3.09. The molecule has 0 bridgehead atoms. The number of methoxy groups -OCH3 is 1. The van der Waals surface area contributed by atoms with E-state index in [0.717, 1.165) is 28.7 Å². The lowest BCUT2D eigenvalue weighted by Crippen LogP contribution is -2.36. The summed E-state index contributed by atoms with van der Waals surface area (Å²) in [5, 5.41) is 1.62. The predicted molar refractivity (Wildman–Crippen MR) is 137 cm³/mol. The molecule has 0 aliphatic carbocycles. The van der Waals surface area contributed by atoms with Gasteiger partial charge in [-0.25, -0.2) is 0 Å². The maximum absolute atomic E-state index is 12.9. The van der Waals surface area contributed by atoms with Crippen LogP contribution in [0.4, 0.5) is 23.7 Å². The second-order valence-corrected chi connectivity index (χ2v) is 9.07. The molecular weight excluding hydrogens is 521 g/mol. The third-order valence-electron chi connectivity index (χ3n) is 5.37. The Morgan fingerprint density at radius 2 is 1.76 bits per heavy atom. The molecule has 0 spiro atoms. The third-order valence-corrected chi connectivity index (χ3v) is 6.28. The van der Waals surface area contributed by atoms with Crippen molar-refractivity contribution in [2.75, 3.05) is 19.0 Å². The van der Waals surface area contributed by atoms with Gasteiger partial charge >= 0.3 is 6.18 Å². The summed E-state index contributed by atoms with van der Waals surface area (Å²) in [4.78, 5) is 38.4. The number of nitrogens with zero attached hydrogens (tertiary/aromatic N) is 1. The fourth-order valence-electron chi connectivity index (χ4n) is 3.53. The maximum Gasteiger partial charge on any atom is 0.416 e. The molecule has 0 radical (unpaired) electrons. The summed E-state index contributed by atoms with van der Waals surface area (Å²) in [7, 11) is 1.48. The van der Waals surface area contributed by atoms with Gasteiger partial charge in [-0.3, -0.25) is 19.3 Å². The van der Waals surface area contributed by atoms with Crippen molar-refractivity contribution < 1.29 is 37.0 Å². The van der Waals surface area contributed by atoms with E-state index in [4.69, 9.17) is 9.47 Å². The first-order chi connectivity index (χ1) is 18.1. The Hall–Kier alpha value is -4.25. The molecule has 1 aliphatic rings. The fourth-order valence-corrected chi connectivity index (χ4v) is 4.37. The number of rotatable bonds is 8. The molecule has 3 aromatic carbocycles. The zero-order valence-corrected chi connectivity index (χ0v) is 20.8. The molecule has 1 aliphatic heterocycles. The van der Waals surface area contributed by atoms with Crippen LogP contribution in [0.5, 0.6) is 11.5 Å². The molecule has 3 aromatic rings. The lowest BCUT2D eigenvalue weighted by molar-refractivity contribution is -0.137. The van der Waals surface area contributed by atoms with Gasteiger partial charge in [0.1, 0.15) is 13.2 Å². The minimum atomic E-state index is -4.58. The highest BCUT2D eigenvalue weighted by molar-refractivity contribution is 8.18. The number of anilines is 1. The number of carbonyl (C=O) groups is 3. The first-order valence-electron chi connectivity index (χ1n) is 11.2. The van der Waals surface area contributed by atoms with Crippen molar-refractivity contribution in [2.24, 2.45) is 0 Å². The highest BCUT2D eigenvalue weighted by Crippen LogP contribution is 2.35. The summed E-state index contributed by atoms with van der Waals surface area (Å²) in [6, 6.07) is 18.7. The van der Waals surface area contributed by atoms with E-state index in [1.54, 1.807) is 18.2 Å². The van der Waals surface area contributed by atoms with Crippen LogP contribution < -0.4 is 14.8 Å². The molecule has 4 rings (SSSR count). The van der Waals surface area contributed by atoms with Crippen molar-refractivity contribution in [3.05, 3.63) is 94.4 Å². The van der Waals surface area contributed by atoms with Crippen LogP contribution in [0.3, 0.4) is 0 Å². The molecule has 0 saturated carbocycles. The van der Waals surface area contributed by atoms with E-state index in [2.05, 4.69) is 5.32 Å². The smallest absolute Gasteiger partial charge is 0.416 e. The molecule has 0 aromatic heterocycles. The number of hydrogen-bond donors (Lipinski definition) is 1. The van der Waals surface area contributed by atoms with E-state index in [0.29, 0.717) is 35.4 Å². The summed E-state index contributed by atoms with van der Waals surface area (Å²) in [6.45, 7) is -0.314. The second-order valence-electron chi connectivity index (χ2n) is 8.08. The van der Waals surface area contributed by atoms with E-state index in [1.807, 2.05) is 30.3 Å². The van der Waals surface area contributed by atoms with Gasteiger partial charge in [0.15, 0.2) is 11.5 Å². The van der Waals surface area contributed by atoms with Gasteiger partial charge in [0.25, 0.3) is 11.1 Å². The largest absolute Gasteiger partial charge is 0.493 e. The fraction of sp³-hybridized carbons (Fsp3) is 0.148. The Morgan fingerprint density at radius 1 is 1.00 bits per heavy atom. The molecular formula is C27H21F3N2O5S. The van der Waals surface area contributed by atoms with Crippen molar-refractivity contribution in [1.82, 2.24) is 4.90 Å². The monoisotopic (exact) mass is 542 g/mol. The minimum Gasteiger partial charge on any atom is -0.493 e. The number of imide groups is 1. The van der Waals surface area contributed by atoms with Crippen LogP contribution in [0, 0.1) is 0 Å². The van der Waals surface area contributed by atoms with Crippen LogP contribution >= 0.6 is 11.8 Å².